The lowest BCUT2D eigenvalue weighted by Crippen LogP contribution is -2.11. The first-order valence-corrected chi connectivity index (χ1v) is 8.88. The molecule has 0 spiro atoms. The molecular formula is C14H12N2O3S2. The molecule has 0 atom stereocenters. The van der Waals surface area contributed by atoms with E-state index in [9.17, 15) is 13.2 Å². The molecule has 0 radical (unpaired) electrons. The van der Waals surface area contributed by atoms with Gasteiger partial charge in [-0.2, -0.15) is 5.26 Å². The van der Waals surface area contributed by atoms with Crippen LogP contribution in [0.15, 0.2) is 35.7 Å². The molecule has 0 saturated heterocycles. The zero-order valence-corrected chi connectivity index (χ0v) is 12.8. The number of nitrogens with one attached hydrogen (secondary N) is 1. The number of amides is 1. The van der Waals surface area contributed by atoms with Gasteiger partial charge in [0.25, 0.3) is 5.91 Å². The van der Waals surface area contributed by atoms with Gasteiger partial charge in [-0.3, -0.25) is 4.79 Å². The van der Waals surface area contributed by atoms with Crippen molar-refractivity contribution in [1.29, 1.82) is 5.26 Å². The third kappa shape index (κ3) is 4.15. The second kappa shape index (κ2) is 6.08. The summed E-state index contributed by atoms with van der Waals surface area (Å²) in [4.78, 5) is 12.0. The highest BCUT2D eigenvalue weighted by Crippen LogP contribution is 2.22. The zero-order valence-electron chi connectivity index (χ0n) is 11.2. The molecule has 2 rings (SSSR count). The van der Waals surface area contributed by atoms with Gasteiger partial charge in [0.1, 0.15) is 11.1 Å². The van der Waals surface area contributed by atoms with E-state index in [2.05, 4.69) is 5.32 Å². The second-order valence-corrected chi connectivity index (χ2v) is 7.55. The molecule has 1 aromatic heterocycles. The van der Waals surface area contributed by atoms with Crippen molar-refractivity contribution in [3.63, 3.8) is 0 Å². The van der Waals surface area contributed by atoms with Crippen LogP contribution in [-0.2, 0) is 15.6 Å². The van der Waals surface area contributed by atoms with Crippen molar-refractivity contribution < 1.29 is 13.2 Å². The first kappa shape index (κ1) is 15.2. The van der Waals surface area contributed by atoms with Gasteiger partial charge in [0.2, 0.25) is 0 Å². The zero-order chi connectivity index (χ0) is 15.5. The number of hydrogen-bond acceptors (Lipinski definition) is 5. The highest BCUT2D eigenvalue weighted by Gasteiger charge is 2.11. The Labute approximate surface area is 126 Å². The van der Waals surface area contributed by atoms with Gasteiger partial charge >= 0.3 is 0 Å². The summed E-state index contributed by atoms with van der Waals surface area (Å²) >= 11 is 1.27. The summed E-state index contributed by atoms with van der Waals surface area (Å²) in [6, 6.07) is 9.97. The van der Waals surface area contributed by atoms with E-state index in [0.717, 1.165) is 6.26 Å². The molecule has 0 aliphatic heterocycles. The Hall–Kier alpha value is -2.17. The first-order chi connectivity index (χ1) is 9.89. The smallest absolute Gasteiger partial charge is 0.256 e. The molecule has 0 aliphatic rings. The van der Waals surface area contributed by atoms with Gasteiger partial charge in [-0.1, -0.05) is 12.1 Å². The van der Waals surface area contributed by atoms with Crippen molar-refractivity contribution >= 4 is 32.1 Å². The van der Waals surface area contributed by atoms with Crippen LogP contribution in [0.25, 0.3) is 0 Å². The number of hydrogen-bond donors (Lipinski definition) is 1. The van der Waals surface area contributed by atoms with Crippen molar-refractivity contribution in [2.45, 2.75) is 5.75 Å². The van der Waals surface area contributed by atoms with Crippen LogP contribution < -0.4 is 5.32 Å². The van der Waals surface area contributed by atoms with E-state index in [4.69, 9.17) is 5.26 Å². The van der Waals surface area contributed by atoms with Gasteiger partial charge in [-0.05, 0) is 29.1 Å². The van der Waals surface area contributed by atoms with E-state index in [1.54, 1.807) is 35.7 Å². The lowest BCUT2D eigenvalue weighted by Gasteiger charge is -2.05. The molecule has 1 N–H and O–H groups in total. The van der Waals surface area contributed by atoms with E-state index in [0.29, 0.717) is 21.7 Å². The SMILES string of the molecule is CS(=O)(=O)Cc1ccc(C(=O)Nc2sccc2C#N)cc1. The van der Waals surface area contributed by atoms with E-state index in [1.807, 2.05) is 6.07 Å². The van der Waals surface area contributed by atoms with E-state index in [-0.39, 0.29) is 11.7 Å². The van der Waals surface area contributed by atoms with E-state index < -0.39 is 9.84 Å². The molecule has 0 bridgehead atoms. The highest BCUT2D eigenvalue weighted by molar-refractivity contribution is 7.89. The topological polar surface area (TPSA) is 87.0 Å². The average Bonchev–Trinajstić information content (AvgIpc) is 2.85. The van der Waals surface area contributed by atoms with Crippen molar-refractivity contribution in [3.05, 3.63) is 52.4 Å². The van der Waals surface area contributed by atoms with Crippen LogP contribution in [0.3, 0.4) is 0 Å². The Bertz CT molecular complexity index is 799. The molecule has 0 fully saturated rings. The predicted molar refractivity (Wildman–Crippen MR) is 82.0 cm³/mol. The van der Waals surface area contributed by atoms with Crippen molar-refractivity contribution in [2.24, 2.45) is 0 Å². The fraction of sp³-hybridized carbons (Fsp3) is 0.143. The molecule has 5 nitrogen and oxygen atoms in total. The minimum absolute atomic E-state index is 0.0571. The lowest BCUT2D eigenvalue weighted by atomic mass is 10.1. The Morgan fingerprint density at radius 1 is 1.29 bits per heavy atom. The number of nitrogens with zero attached hydrogens (tertiary/aromatic N) is 1. The normalized spacial score (nSPS) is 10.9. The summed E-state index contributed by atoms with van der Waals surface area (Å²) < 4.78 is 22.4. The average molecular weight is 320 g/mol. The summed E-state index contributed by atoms with van der Waals surface area (Å²) in [5, 5.41) is 13.8. The fourth-order valence-electron chi connectivity index (χ4n) is 1.72. The summed E-state index contributed by atoms with van der Waals surface area (Å²) in [5.41, 5.74) is 1.45. The lowest BCUT2D eigenvalue weighted by molar-refractivity contribution is 0.102. The summed E-state index contributed by atoms with van der Waals surface area (Å²) in [6.45, 7) is 0. The molecule has 21 heavy (non-hydrogen) atoms. The Morgan fingerprint density at radius 3 is 2.52 bits per heavy atom. The monoisotopic (exact) mass is 320 g/mol. The van der Waals surface area contributed by atoms with E-state index in [1.165, 1.54) is 11.3 Å². The van der Waals surface area contributed by atoms with Crippen LogP contribution in [0.2, 0.25) is 0 Å². The summed E-state index contributed by atoms with van der Waals surface area (Å²) in [7, 11) is -3.10. The molecule has 2 aromatic rings. The van der Waals surface area contributed by atoms with Crippen LogP contribution in [0.1, 0.15) is 21.5 Å². The van der Waals surface area contributed by atoms with Crippen LogP contribution in [0.4, 0.5) is 5.00 Å². The number of carbonyl (C=O) groups excluding carboxylic acids is 1. The maximum absolute atomic E-state index is 12.0. The molecule has 1 amide bonds. The number of benzene rings is 1. The predicted octanol–water partition coefficient (Wildman–Crippen LogP) is 2.42. The standard InChI is InChI=1S/C14H12N2O3S2/c1-21(18,19)9-10-2-4-11(5-3-10)13(17)16-14-12(8-15)6-7-20-14/h2-7H,9H2,1H3,(H,16,17). The summed E-state index contributed by atoms with van der Waals surface area (Å²) in [6.07, 6.45) is 1.16. The molecule has 1 heterocycles. The van der Waals surface area contributed by atoms with Gasteiger partial charge in [-0.25, -0.2) is 8.42 Å². The quantitative estimate of drug-likeness (QED) is 0.937. The summed E-state index contributed by atoms with van der Waals surface area (Å²) in [5.74, 6) is -0.391. The third-order valence-electron chi connectivity index (χ3n) is 2.66. The van der Waals surface area contributed by atoms with Crippen molar-refractivity contribution in [2.75, 3.05) is 11.6 Å². The maximum atomic E-state index is 12.0. The molecule has 7 heteroatoms. The second-order valence-electron chi connectivity index (χ2n) is 4.50. The molecule has 0 aliphatic carbocycles. The maximum Gasteiger partial charge on any atom is 0.256 e. The van der Waals surface area contributed by atoms with Gasteiger partial charge in [0.05, 0.1) is 11.3 Å². The number of carbonyl (C=O) groups is 1. The number of anilines is 1. The molecule has 0 unspecified atom stereocenters. The third-order valence-corrected chi connectivity index (χ3v) is 4.35. The Kier molecular flexibility index (Phi) is 4.40. The number of sulfone groups is 1. The number of thiophene rings is 1. The number of rotatable bonds is 4. The van der Waals surface area contributed by atoms with Crippen LogP contribution in [0.5, 0.6) is 0 Å². The van der Waals surface area contributed by atoms with Gasteiger partial charge in [0, 0.05) is 11.8 Å². The van der Waals surface area contributed by atoms with E-state index >= 15 is 0 Å². The molecule has 0 saturated carbocycles. The van der Waals surface area contributed by atoms with Gasteiger partial charge in [0.15, 0.2) is 9.84 Å². The first-order valence-electron chi connectivity index (χ1n) is 5.94. The van der Waals surface area contributed by atoms with Crippen LogP contribution >= 0.6 is 11.3 Å². The Balaban J connectivity index is 2.12. The van der Waals surface area contributed by atoms with Gasteiger partial charge in [-0.15, -0.1) is 11.3 Å². The van der Waals surface area contributed by atoms with Crippen molar-refractivity contribution in [3.8, 4) is 6.07 Å². The van der Waals surface area contributed by atoms with Crippen LogP contribution in [0, 0.1) is 11.3 Å². The van der Waals surface area contributed by atoms with Gasteiger partial charge < -0.3 is 5.32 Å². The molecule has 108 valence electrons. The fourth-order valence-corrected chi connectivity index (χ4v) is 3.25. The Morgan fingerprint density at radius 2 is 1.95 bits per heavy atom. The van der Waals surface area contributed by atoms with Crippen LogP contribution in [-0.4, -0.2) is 20.6 Å². The largest absolute Gasteiger partial charge is 0.312 e. The number of nitriles is 1. The highest BCUT2D eigenvalue weighted by atomic mass is 32.2. The molecule has 1 aromatic carbocycles. The van der Waals surface area contributed by atoms with Crippen molar-refractivity contribution in [1.82, 2.24) is 0 Å². The molecular weight excluding hydrogens is 308 g/mol. The minimum atomic E-state index is -3.10. The minimum Gasteiger partial charge on any atom is -0.312 e.